The van der Waals surface area contributed by atoms with E-state index < -0.39 is 40.2 Å². The Bertz CT molecular complexity index is 1210. The number of amides is 2. The monoisotopic (exact) mass is 636 g/mol. The fourth-order valence-corrected chi connectivity index (χ4v) is 4.20. The molecular weight excluding hydrogens is 608 g/mol. The first-order valence-electron chi connectivity index (χ1n) is 12.8. The number of nitrogens with one attached hydrogen (secondary N) is 1. The Balaban J connectivity index is 1.81. The van der Waals surface area contributed by atoms with Crippen LogP contribution in [0.5, 0.6) is 5.75 Å². The number of rotatable bonds is 11. The molecule has 0 spiro atoms. The summed E-state index contributed by atoms with van der Waals surface area (Å²) in [6.45, 7) is 4.21. The lowest BCUT2D eigenvalue weighted by Crippen LogP contribution is -2.48. The van der Waals surface area contributed by atoms with Crippen molar-refractivity contribution in [2.45, 2.75) is 42.7 Å². The van der Waals surface area contributed by atoms with E-state index in [0.717, 1.165) is 18.6 Å². The highest BCUT2D eigenvalue weighted by Crippen LogP contribution is 2.30. The van der Waals surface area contributed by atoms with Crippen molar-refractivity contribution in [2.24, 2.45) is 5.10 Å². The second-order valence-corrected chi connectivity index (χ2v) is 11.7. The highest BCUT2D eigenvalue weighted by molar-refractivity contribution is 6.67. The predicted molar refractivity (Wildman–Crippen MR) is 153 cm³/mol. The van der Waals surface area contributed by atoms with Crippen LogP contribution in [0.2, 0.25) is 0 Å². The van der Waals surface area contributed by atoms with Gasteiger partial charge in [-0.15, -0.1) is 0 Å². The van der Waals surface area contributed by atoms with Gasteiger partial charge >= 0.3 is 12.3 Å². The molecule has 224 valence electrons. The van der Waals surface area contributed by atoms with Crippen LogP contribution >= 0.6 is 34.8 Å². The molecule has 1 atom stereocenters. The number of alkyl halides is 6. The van der Waals surface area contributed by atoms with Crippen LogP contribution in [0.25, 0.3) is 0 Å². The van der Waals surface area contributed by atoms with Crippen molar-refractivity contribution in [1.29, 1.82) is 0 Å². The van der Waals surface area contributed by atoms with Crippen molar-refractivity contribution in [3.05, 3.63) is 59.7 Å². The molecular formula is C27H30Cl3F3N4O4. The van der Waals surface area contributed by atoms with Crippen LogP contribution in [0.3, 0.4) is 0 Å². The average Bonchev–Trinajstić information content (AvgIpc) is 3.31. The molecule has 0 aromatic heterocycles. The lowest BCUT2D eigenvalue weighted by atomic mass is 10.0. The van der Waals surface area contributed by atoms with Crippen LogP contribution in [0.15, 0.2) is 53.6 Å². The number of carbonyl (C=O) groups excluding carboxylic acids is 2. The Morgan fingerprint density at radius 3 is 2.27 bits per heavy atom. The second-order valence-electron chi connectivity index (χ2n) is 9.21. The van der Waals surface area contributed by atoms with Crippen molar-refractivity contribution in [2.75, 3.05) is 38.2 Å². The molecule has 14 heteroatoms. The van der Waals surface area contributed by atoms with Crippen molar-refractivity contribution >= 4 is 58.2 Å². The molecule has 2 amide bonds. The Labute approximate surface area is 251 Å². The van der Waals surface area contributed by atoms with E-state index in [1.54, 1.807) is 24.3 Å². The summed E-state index contributed by atoms with van der Waals surface area (Å²) in [6, 6.07) is 10.7. The second kappa shape index (κ2) is 14.3. The van der Waals surface area contributed by atoms with Crippen molar-refractivity contribution in [3.63, 3.8) is 0 Å². The Morgan fingerprint density at radius 1 is 1.05 bits per heavy atom. The molecule has 1 heterocycles. The first-order valence-corrected chi connectivity index (χ1v) is 14.0. The number of carbonyl (C=O) groups is 2. The zero-order chi connectivity index (χ0) is 30.2. The van der Waals surface area contributed by atoms with E-state index in [0.29, 0.717) is 36.6 Å². The number of halogens is 6. The maximum Gasteiger partial charge on any atom is 0.416 e. The van der Waals surface area contributed by atoms with Gasteiger partial charge in [0.2, 0.25) is 9.70 Å². The number of ether oxygens (including phenoxy) is 2. The van der Waals surface area contributed by atoms with E-state index in [2.05, 4.69) is 10.4 Å². The van der Waals surface area contributed by atoms with Crippen LogP contribution in [-0.4, -0.2) is 70.3 Å². The summed E-state index contributed by atoms with van der Waals surface area (Å²) in [6.07, 6.45) is -3.76. The molecule has 2 aromatic carbocycles. The SMILES string of the molecule is CCCOc1ccc(C2=NN(CC(=O)Nc3ccc(C(F)(F)F)cc3)CC2N(CCC)C(=O)OCC(Cl)(Cl)Cl)cc1. The van der Waals surface area contributed by atoms with Crippen LogP contribution in [-0.2, 0) is 15.7 Å². The molecule has 0 bridgehead atoms. The van der Waals surface area contributed by atoms with E-state index in [4.69, 9.17) is 44.3 Å². The normalized spacial score (nSPS) is 15.4. The average molecular weight is 638 g/mol. The van der Waals surface area contributed by atoms with Crippen molar-refractivity contribution in [3.8, 4) is 5.75 Å². The molecule has 0 saturated carbocycles. The Morgan fingerprint density at radius 2 is 1.71 bits per heavy atom. The van der Waals surface area contributed by atoms with E-state index in [1.165, 1.54) is 22.0 Å². The van der Waals surface area contributed by atoms with Crippen molar-refractivity contribution in [1.82, 2.24) is 9.91 Å². The standard InChI is InChI=1S/C27H30Cl3F3N4O4/c1-3-13-37(25(39)41-17-26(28,29)30)22-15-36(35-24(22)18-5-11-21(12-6-18)40-14-4-2)16-23(38)34-20-9-7-19(8-10-20)27(31,32)33/h5-12,22H,3-4,13-17H2,1-2H3,(H,34,38). The Hall–Kier alpha value is -2.89. The summed E-state index contributed by atoms with van der Waals surface area (Å²) < 4.78 is 47.7. The molecule has 0 aliphatic carbocycles. The highest BCUT2D eigenvalue weighted by atomic mass is 35.6. The zero-order valence-electron chi connectivity index (χ0n) is 22.4. The molecule has 41 heavy (non-hydrogen) atoms. The van der Waals surface area contributed by atoms with Gasteiger partial charge in [-0.2, -0.15) is 18.3 Å². The maximum atomic E-state index is 13.1. The van der Waals surface area contributed by atoms with E-state index in [9.17, 15) is 22.8 Å². The number of hydrogen-bond donors (Lipinski definition) is 1. The fourth-order valence-electron chi connectivity index (χ4n) is 4.03. The van der Waals surface area contributed by atoms with Gasteiger partial charge in [0.25, 0.3) is 0 Å². The molecule has 8 nitrogen and oxygen atoms in total. The maximum absolute atomic E-state index is 13.1. The van der Waals surface area contributed by atoms with Crippen LogP contribution in [0.1, 0.15) is 37.8 Å². The van der Waals surface area contributed by atoms with Gasteiger partial charge < -0.3 is 14.8 Å². The van der Waals surface area contributed by atoms with Gasteiger partial charge in [0.15, 0.2) is 0 Å². The van der Waals surface area contributed by atoms with E-state index >= 15 is 0 Å². The molecule has 3 rings (SSSR count). The molecule has 2 aromatic rings. The number of anilines is 1. The first-order chi connectivity index (χ1) is 19.3. The minimum atomic E-state index is -4.48. The predicted octanol–water partition coefficient (Wildman–Crippen LogP) is 6.74. The molecule has 0 saturated heterocycles. The third-order valence-electron chi connectivity index (χ3n) is 5.83. The fraction of sp³-hybridized carbons (Fsp3) is 0.444. The summed E-state index contributed by atoms with van der Waals surface area (Å²) >= 11 is 17.3. The molecule has 1 N–H and O–H groups in total. The topological polar surface area (TPSA) is 83.5 Å². The molecule has 0 radical (unpaired) electrons. The number of hydrazone groups is 1. The third kappa shape index (κ3) is 9.86. The Kier molecular flexibility index (Phi) is 11.4. The molecule has 1 aliphatic heterocycles. The van der Waals surface area contributed by atoms with Crippen molar-refractivity contribution < 1.29 is 32.2 Å². The van der Waals surface area contributed by atoms with Crippen LogP contribution < -0.4 is 10.1 Å². The minimum Gasteiger partial charge on any atom is -0.494 e. The van der Waals surface area contributed by atoms with Crippen LogP contribution in [0, 0.1) is 0 Å². The summed E-state index contributed by atoms with van der Waals surface area (Å²) in [5, 5.41) is 8.68. The van der Waals surface area contributed by atoms with Gasteiger partial charge in [0, 0.05) is 17.8 Å². The van der Waals surface area contributed by atoms with Gasteiger partial charge in [-0.1, -0.05) is 48.7 Å². The summed E-state index contributed by atoms with van der Waals surface area (Å²) in [5.74, 6) is 0.170. The summed E-state index contributed by atoms with van der Waals surface area (Å²) in [4.78, 5) is 27.3. The third-order valence-corrected chi connectivity index (χ3v) is 6.16. The van der Waals surface area contributed by atoms with E-state index in [1.807, 2.05) is 13.8 Å². The molecule has 0 fully saturated rings. The number of nitrogens with zero attached hydrogens (tertiary/aromatic N) is 3. The minimum absolute atomic E-state index is 0.146. The van der Waals surface area contributed by atoms with Gasteiger partial charge in [0.1, 0.15) is 18.9 Å². The zero-order valence-corrected chi connectivity index (χ0v) is 24.7. The molecule has 1 unspecified atom stereocenters. The van der Waals surface area contributed by atoms with Gasteiger partial charge in [-0.3, -0.25) is 14.7 Å². The smallest absolute Gasteiger partial charge is 0.416 e. The van der Waals surface area contributed by atoms with Gasteiger partial charge in [-0.05, 0) is 61.4 Å². The van der Waals surface area contributed by atoms with Crippen LogP contribution in [0.4, 0.5) is 23.7 Å². The van der Waals surface area contributed by atoms with Gasteiger partial charge in [0.05, 0.1) is 30.5 Å². The largest absolute Gasteiger partial charge is 0.494 e. The van der Waals surface area contributed by atoms with E-state index in [-0.39, 0.29) is 18.8 Å². The molecule has 1 aliphatic rings. The lowest BCUT2D eigenvalue weighted by molar-refractivity contribution is -0.137. The summed E-state index contributed by atoms with van der Waals surface area (Å²) in [5.41, 5.74) is 0.581. The lowest BCUT2D eigenvalue weighted by Gasteiger charge is -2.29. The van der Waals surface area contributed by atoms with Gasteiger partial charge in [-0.25, -0.2) is 4.79 Å². The highest BCUT2D eigenvalue weighted by Gasteiger charge is 2.37. The number of hydrogen-bond acceptors (Lipinski definition) is 6. The first kappa shape index (κ1) is 32.6. The quantitative estimate of drug-likeness (QED) is 0.276. The number of benzene rings is 2. The summed E-state index contributed by atoms with van der Waals surface area (Å²) in [7, 11) is 0.